The van der Waals surface area contributed by atoms with Crippen LogP contribution in [-0.2, 0) is 24.4 Å². The molecule has 0 saturated carbocycles. The van der Waals surface area contributed by atoms with Crippen molar-refractivity contribution in [1.82, 2.24) is 20.4 Å². The zero-order valence-electron chi connectivity index (χ0n) is 20.1. The second-order valence-corrected chi connectivity index (χ2v) is 8.98. The lowest BCUT2D eigenvalue weighted by atomic mass is 10.0. The predicted octanol–water partition coefficient (Wildman–Crippen LogP) is 3.08. The molecule has 2 aromatic rings. The molecule has 0 atom stereocenters. The van der Waals surface area contributed by atoms with Crippen LogP contribution in [0.4, 0.5) is 0 Å². The number of morpholine rings is 1. The van der Waals surface area contributed by atoms with Gasteiger partial charge in [0.1, 0.15) is 5.76 Å². The number of hydrogen-bond donors (Lipinski definition) is 2. The molecule has 1 aromatic carbocycles. The first-order valence-electron chi connectivity index (χ1n) is 11.6. The number of benzene rings is 1. The molecule has 0 radical (unpaired) electrons. The first-order valence-corrected chi connectivity index (χ1v) is 11.6. The molecule has 2 N–H and O–H groups in total. The van der Waals surface area contributed by atoms with Crippen molar-refractivity contribution in [2.75, 3.05) is 46.4 Å². The summed E-state index contributed by atoms with van der Waals surface area (Å²) in [5.74, 6) is 1.83. The Labute approximate surface area is 192 Å². The summed E-state index contributed by atoms with van der Waals surface area (Å²) in [4.78, 5) is 9.63. The zero-order valence-corrected chi connectivity index (χ0v) is 20.1. The van der Waals surface area contributed by atoms with Crippen molar-refractivity contribution < 1.29 is 9.15 Å². The van der Waals surface area contributed by atoms with Crippen molar-refractivity contribution in [3.63, 3.8) is 0 Å². The fourth-order valence-electron chi connectivity index (χ4n) is 3.97. The standard InChI is InChI=1S/C25H39N5O2/c1-5-26-24(28-20-25(2,3)30-12-15-31-16-13-30)27-17-21-9-6-7-10-22(21)18-29(4)19-23-11-8-14-32-23/h6-11,14H,5,12-13,15-20H2,1-4H3,(H2,26,27,28). The van der Waals surface area contributed by atoms with Gasteiger partial charge in [0.2, 0.25) is 0 Å². The Hall–Kier alpha value is -2.35. The van der Waals surface area contributed by atoms with Crippen LogP contribution >= 0.6 is 0 Å². The lowest BCUT2D eigenvalue weighted by Crippen LogP contribution is -2.56. The second-order valence-electron chi connectivity index (χ2n) is 8.98. The molecule has 1 aliphatic heterocycles. The van der Waals surface area contributed by atoms with Crippen molar-refractivity contribution in [2.45, 2.75) is 45.9 Å². The lowest BCUT2D eigenvalue weighted by Gasteiger charge is -2.41. The fraction of sp³-hybridized carbons (Fsp3) is 0.560. The third-order valence-corrected chi connectivity index (χ3v) is 5.87. The van der Waals surface area contributed by atoms with Crippen LogP contribution in [-0.4, -0.2) is 67.7 Å². The average Bonchev–Trinajstić information content (AvgIpc) is 3.30. The minimum Gasteiger partial charge on any atom is -0.468 e. The Bertz CT molecular complexity index is 829. The number of rotatable bonds is 10. The van der Waals surface area contributed by atoms with E-state index in [1.165, 1.54) is 11.1 Å². The minimum atomic E-state index is 0.0342. The van der Waals surface area contributed by atoms with Gasteiger partial charge in [0.25, 0.3) is 0 Å². The van der Waals surface area contributed by atoms with E-state index in [0.29, 0.717) is 6.54 Å². The van der Waals surface area contributed by atoms with E-state index >= 15 is 0 Å². The van der Waals surface area contributed by atoms with Crippen LogP contribution in [0.2, 0.25) is 0 Å². The summed E-state index contributed by atoms with van der Waals surface area (Å²) in [5.41, 5.74) is 2.56. The minimum absolute atomic E-state index is 0.0342. The Balaban J connectivity index is 1.60. The molecule has 7 heteroatoms. The fourth-order valence-corrected chi connectivity index (χ4v) is 3.97. The molecular weight excluding hydrogens is 402 g/mol. The Morgan fingerprint density at radius 3 is 2.50 bits per heavy atom. The van der Waals surface area contributed by atoms with E-state index in [0.717, 1.165) is 64.2 Å². The second kappa shape index (κ2) is 12.0. The van der Waals surface area contributed by atoms with E-state index in [1.54, 1.807) is 6.26 Å². The van der Waals surface area contributed by atoms with Crippen LogP contribution in [0.15, 0.2) is 52.1 Å². The van der Waals surface area contributed by atoms with Crippen LogP contribution in [0, 0.1) is 0 Å². The lowest BCUT2D eigenvalue weighted by molar-refractivity contribution is -0.00834. The SMILES string of the molecule is CCNC(=NCc1ccccc1CN(C)Cc1ccco1)NCC(C)(C)N1CCOCC1. The number of furan rings is 1. The molecule has 0 spiro atoms. The molecular formula is C25H39N5O2. The topological polar surface area (TPSA) is 65.3 Å². The highest BCUT2D eigenvalue weighted by molar-refractivity contribution is 5.79. The van der Waals surface area contributed by atoms with Gasteiger partial charge in [0, 0.05) is 38.3 Å². The van der Waals surface area contributed by atoms with Crippen LogP contribution < -0.4 is 10.6 Å². The monoisotopic (exact) mass is 441 g/mol. The number of hydrogen-bond acceptors (Lipinski definition) is 5. The number of nitrogens with one attached hydrogen (secondary N) is 2. The Morgan fingerprint density at radius 1 is 1.06 bits per heavy atom. The summed E-state index contributed by atoms with van der Waals surface area (Å²) in [7, 11) is 2.11. The quantitative estimate of drug-likeness (QED) is 0.436. The average molecular weight is 442 g/mol. The van der Waals surface area contributed by atoms with Gasteiger partial charge in [0.15, 0.2) is 5.96 Å². The number of nitrogens with zero attached hydrogens (tertiary/aromatic N) is 3. The first-order chi connectivity index (χ1) is 15.5. The largest absolute Gasteiger partial charge is 0.468 e. The molecule has 1 saturated heterocycles. The summed E-state index contributed by atoms with van der Waals surface area (Å²) in [5, 5.41) is 6.94. The van der Waals surface area contributed by atoms with Crippen LogP contribution in [0.3, 0.4) is 0 Å². The highest BCUT2D eigenvalue weighted by Crippen LogP contribution is 2.16. The van der Waals surface area contributed by atoms with E-state index in [2.05, 4.69) is 72.5 Å². The van der Waals surface area contributed by atoms with E-state index < -0.39 is 0 Å². The molecule has 0 bridgehead atoms. The molecule has 1 aromatic heterocycles. The van der Waals surface area contributed by atoms with Gasteiger partial charge >= 0.3 is 0 Å². The molecule has 3 rings (SSSR count). The van der Waals surface area contributed by atoms with E-state index in [1.807, 2.05) is 12.1 Å². The van der Waals surface area contributed by atoms with Gasteiger partial charge in [-0.15, -0.1) is 0 Å². The molecule has 0 aliphatic carbocycles. The van der Waals surface area contributed by atoms with Gasteiger partial charge in [-0.05, 0) is 51.1 Å². The van der Waals surface area contributed by atoms with Gasteiger partial charge < -0.3 is 19.8 Å². The van der Waals surface area contributed by atoms with Gasteiger partial charge in [0.05, 0.1) is 32.6 Å². The van der Waals surface area contributed by atoms with E-state index in [4.69, 9.17) is 14.1 Å². The summed E-state index contributed by atoms with van der Waals surface area (Å²) in [6.07, 6.45) is 1.72. The first kappa shape index (κ1) is 24.3. The van der Waals surface area contributed by atoms with Crippen molar-refractivity contribution in [3.8, 4) is 0 Å². The molecule has 7 nitrogen and oxygen atoms in total. The molecule has 0 unspecified atom stereocenters. The molecule has 32 heavy (non-hydrogen) atoms. The van der Waals surface area contributed by atoms with E-state index in [-0.39, 0.29) is 5.54 Å². The van der Waals surface area contributed by atoms with Crippen molar-refractivity contribution in [1.29, 1.82) is 0 Å². The maximum absolute atomic E-state index is 5.51. The van der Waals surface area contributed by atoms with Crippen molar-refractivity contribution in [2.24, 2.45) is 4.99 Å². The summed E-state index contributed by atoms with van der Waals surface area (Å²) in [6.45, 7) is 14.1. The van der Waals surface area contributed by atoms with Gasteiger partial charge in [-0.3, -0.25) is 9.80 Å². The van der Waals surface area contributed by atoms with Crippen LogP contribution in [0.1, 0.15) is 37.7 Å². The number of ether oxygens (including phenoxy) is 1. The third-order valence-electron chi connectivity index (χ3n) is 5.87. The van der Waals surface area contributed by atoms with Gasteiger partial charge in [-0.2, -0.15) is 0 Å². The molecule has 0 amide bonds. The number of aliphatic imine (C=N–C) groups is 1. The van der Waals surface area contributed by atoms with Gasteiger partial charge in [-0.25, -0.2) is 4.99 Å². The molecule has 176 valence electrons. The highest BCUT2D eigenvalue weighted by Gasteiger charge is 2.28. The molecule has 2 heterocycles. The highest BCUT2D eigenvalue weighted by atomic mass is 16.5. The Morgan fingerprint density at radius 2 is 1.81 bits per heavy atom. The molecule has 1 fully saturated rings. The number of guanidine groups is 1. The molecule has 1 aliphatic rings. The summed E-state index contributed by atoms with van der Waals surface area (Å²) < 4.78 is 11.0. The Kier molecular flexibility index (Phi) is 9.14. The summed E-state index contributed by atoms with van der Waals surface area (Å²) in [6, 6.07) is 12.5. The van der Waals surface area contributed by atoms with Gasteiger partial charge in [-0.1, -0.05) is 24.3 Å². The summed E-state index contributed by atoms with van der Waals surface area (Å²) >= 11 is 0. The smallest absolute Gasteiger partial charge is 0.191 e. The van der Waals surface area contributed by atoms with Crippen molar-refractivity contribution >= 4 is 5.96 Å². The predicted molar refractivity (Wildman–Crippen MR) is 130 cm³/mol. The zero-order chi connectivity index (χ0) is 22.8. The van der Waals surface area contributed by atoms with E-state index in [9.17, 15) is 0 Å². The maximum Gasteiger partial charge on any atom is 0.191 e. The third kappa shape index (κ3) is 7.36. The van der Waals surface area contributed by atoms with Crippen LogP contribution in [0.5, 0.6) is 0 Å². The van der Waals surface area contributed by atoms with Crippen molar-refractivity contribution in [3.05, 3.63) is 59.5 Å². The van der Waals surface area contributed by atoms with Crippen LogP contribution in [0.25, 0.3) is 0 Å². The normalized spacial score (nSPS) is 15.8. The maximum atomic E-state index is 5.51.